The van der Waals surface area contributed by atoms with Crippen molar-refractivity contribution >= 4 is 11.6 Å². The van der Waals surface area contributed by atoms with Crippen LogP contribution in [0.2, 0.25) is 5.02 Å². The summed E-state index contributed by atoms with van der Waals surface area (Å²) in [6, 6.07) is 0. The van der Waals surface area contributed by atoms with Gasteiger partial charge < -0.3 is 9.47 Å². The number of aromatic nitrogens is 2. The summed E-state index contributed by atoms with van der Waals surface area (Å²) in [6.45, 7) is 2.23. The van der Waals surface area contributed by atoms with E-state index >= 15 is 0 Å². The summed E-state index contributed by atoms with van der Waals surface area (Å²) >= 11 is 6.02. The predicted octanol–water partition coefficient (Wildman–Crippen LogP) is 1.12. The van der Waals surface area contributed by atoms with Crippen LogP contribution in [0.25, 0.3) is 0 Å². The Morgan fingerprint density at radius 1 is 1.79 bits per heavy atom. The molecular weight excluding hydrogens is 204 g/mol. The summed E-state index contributed by atoms with van der Waals surface area (Å²) in [5.74, 6) is 0. The fraction of sp³-hybridized carbons (Fsp3) is 0.667. The first-order valence-corrected chi connectivity index (χ1v) is 5.00. The first kappa shape index (κ1) is 9.96. The Kier molecular flexibility index (Phi) is 3.05. The standard InChI is InChI=1S/C9H13ClN2O2/c1-13-3-2-12-9(4-7-6-14-7)8(10)5-11-12/h5,7H,2-4,6H2,1H3. The average molecular weight is 217 g/mol. The third-order valence-corrected chi connectivity index (χ3v) is 2.54. The lowest BCUT2D eigenvalue weighted by Crippen LogP contribution is -2.11. The number of nitrogens with zero attached hydrogens (tertiary/aromatic N) is 2. The van der Waals surface area contributed by atoms with Gasteiger partial charge in [0.05, 0.1) is 42.8 Å². The smallest absolute Gasteiger partial charge is 0.0865 e. The van der Waals surface area contributed by atoms with E-state index in [0.717, 1.165) is 30.3 Å². The highest BCUT2D eigenvalue weighted by Gasteiger charge is 2.25. The van der Waals surface area contributed by atoms with E-state index in [9.17, 15) is 0 Å². The zero-order chi connectivity index (χ0) is 9.97. The van der Waals surface area contributed by atoms with Gasteiger partial charge >= 0.3 is 0 Å². The number of hydrogen-bond donors (Lipinski definition) is 0. The van der Waals surface area contributed by atoms with E-state index < -0.39 is 0 Å². The van der Waals surface area contributed by atoms with Gasteiger partial charge in [0.2, 0.25) is 0 Å². The molecule has 0 spiro atoms. The Hall–Kier alpha value is -0.580. The van der Waals surface area contributed by atoms with Crippen LogP contribution in [0.3, 0.4) is 0 Å². The summed E-state index contributed by atoms with van der Waals surface area (Å²) in [5, 5.41) is 4.90. The molecular formula is C9H13ClN2O2. The van der Waals surface area contributed by atoms with Crippen molar-refractivity contribution in [1.29, 1.82) is 0 Å². The fourth-order valence-corrected chi connectivity index (χ4v) is 1.58. The molecule has 0 N–H and O–H groups in total. The predicted molar refractivity (Wildman–Crippen MR) is 52.6 cm³/mol. The highest BCUT2D eigenvalue weighted by molar-refractivity contribution is 6.31. The molecule has 78 valence electrons. The maximum Gasteiger partial charge on any atom is 0.0865 e. The topological polar surface area (TPSA) is 39.6 Å². The van der Waals surface area contributed by atoms with Crippen LogP contribution in [0.15, 0.2) is 6.20 Å². The minimum absolute atomic E-state index is 0.338. The van der Waals surface area contributed by atoms with Gasteiger partial charge in [0, 0.05) is 13.5 Å². The largest absolute Gasteiger partial charge is 0.383 e. The zero-order valence-corrected chi connectivity index (χ0v) is 8.83. The summed E-state index contributed by atoms with van der Waals surface area (Å²) < 4.78 is 12.0. The second-order valence-corrected chi connectivity index (χ2v) is 3.72. The summed E-state index contributed by atoms with van der Waals surface area (Å²) in [5.41, 5.74) is 1.05. The third kappa shape index (κ3) is 2.26. The van der Waals surface area contributed by atoms with Crippen molar-refractivity contribution in [2.45, 2.75) is 19.1 Å². The molecule has 1 fully saturated rings. The third-order valence-electron chi connectivity index (χ3n) is 2.23. The first-order chi connectivity index (χ1) is 6.81. The Balaban J connectivity index is 2.04. The number of rotatable bonds is 5. The molecule has 1 atom stereocenters. The van der Waals surface area contributed by atoms with Crippen molar-refractivity contribution in [3.05, 3.63) is 16.9 Å². The van der Waals surface area contributed by atoms with E-state index in [4.69, 9.17) is 21.1 Å². The van der Waals surface area contributed by atoms with Crippen LogP contribution in [0.5, 0.6) is 0 Å². The van der Waals surface area contributed by atoms with E-state index in [-0.39, 0.29) is 0 Å². The monoisotopic (exact) mass is 216 g/mol. The Labute approximate surface area is 87.8 Å². The van der Waals surface area contributed by atoms with Crippen molar-refractivity contribution in [3.63, 3.8) is 0 Å². The quantitative estimate of drug-likeness (QED) is 0.693. The van der Waals surface area contributed by atoms with Gasteiger partial charge in [-0.3, -0.25) is 4.68 Å². The lowest BCUT2D eigenvalue weighted by Gasteiger charge is -2.05. The molecule has 0 radical (unpaired) electrons. The molecule has 1 aliphatic rings. The van der Waals surface area contributed by atoms with E-state index in [1.165, 1.54) is 0 Å². The van der Waals surface area contributed by atoms with Crippen LogP contribution in [-0.2, 0) is 22.4 Å². The Morgan fingerprint density at radius 2 is 2.57 bits per heavy atom. The van der Waals surface area contributed by atoms with Crippen LogP contribution in [0.4, 0.5) is 0 Å². The van der Waals surface area contributed by atoms with Crippen molar-refractivity contribution in [3.8, 4) is 0 Å². The maximum atomic E-state index is 6.02. The van der Waals surface area contributed by atoms with Gasteiger partial charge in [-0.2, -0.15) is 5.10 Å². The highest BCUT2D eigenvalue weighted by atomic mass is 35.5. The van der Waals surface area contributed by atoms with Gasteiger partial charge in [-0.1, -0.05) is 11.6 Å². The molecule has 14 heavy (non-hydrogen) atoms. The van der Waals surface area contributed by atoms with E-state index in [2.05, 4.69) is 5.10 Å². The number of epoxide rings is 1. The summed E-state index contributed by atoms with van der Waals surface area (Å²) in [6.07, 6.45) is 2.86. The van der Waals surface area contributed by atoms with Crippen molar-refractivity contribution in [2.24, 2.45) is 0 Å². The second-order valence-electron chi connectivity index (χ2n) is 3.31. The molecule has 2 rings (SSSR count). The minimum Gasteiger partial charge on any atom is -0.383 e. The molecule has 1 aromatic heterocycles. The number of methoxy groups -OCH3 is 1. The van der Waals surface area contributed by atoms with Crippen molar-refractivity contribution in [1.82, 2.24) is 9.78 Å². The lowest BCUT2D eigenvalue weighted by atomic mass is 10.2. The molecule has 0 amide bonds. The molecule has 2 heterocycles. The van der Waals surface area contributed by atoms with E-state index in [1.54, 1.807) is 13.3 Å². The number of halogens is 1. The van der Waals surface area contributed by atoms with E-state index in [0.29, 0.717) is 12.7 Å². The van der Waals surface area contributed by atoms with Crippen LogP contribution < -0.4 is 0 Å². The van der Waals surface area contributed by atoms with Crippen molar-refractivity contribution < 1.29 is 9.47 Å². The van der Waals surface area contributed by atoms with Crippen LogP contribution in [0.1, 0.15) is 5.69 Å². The first-order valence-electron chi connectivity index (χ1n) is 4.62. The van der Waals surface area contributed by atoms with Crippen LogP contribution in [-0.4, -0.2) is 36.2 Å². The van der Waals surface area contributed by atoms with Gasteiger partial charge in [0.15, 0.2) is 0 Å². The van der Waals surface area contributed by atoms with Gasteiger partial charge in [-0.25, -0.2) is 0 Å². The van der Waals surface area contributed by atoms with Gasteiger partial charge in [0.1, 0.15) is 0 Å². The van der Waals surface area contributed by atoms with Gasteiger partial charge in [0.25, 0.3) is 0 Å². The molecule has 1 saturated heterocycles. The summed E-state index contributed by atoms with van der Waals surface area (Å²) in [4.78, 5) is 0. The van der Waals surface area contributed by atoms with Crippen LogP contribution >= 0.6 is 11.6 Å². The fourth-order valence-electron chi connectivity index (χ4n) is 1.36. The Bertz CT molecular complexity index is 310. The van der Waals surface area contributed by atoms with Gasteiger partial charge in [-0.05, 0) is 0 Å². The SMILES string of the molecule is COCCn1ncc(Cl)c1CC1CO1. The van der Waals surface area contributed by atoms with Crippen LogP contribution in [0, 0.1) is 0 Å². The van der Waals surface area contributed by atoms with Crippen molar-refractivity contribution in [2.75, 3.05) is 20.3 Å². The number of ether oxygens (including phenoxy) is 2. The molecule has 0 aromatic carbocycles. The maximum absolute atomic E-state index is 6.02. The molecule has 1 unspecified atom stereocenters. The molecule has 5 heteroatoms. The minimum atomic E-state index is 0.338. The molecule has 1 aromatic rings. The van der Waals surface area contributed by atoms with E-state index in [1.807, 2.05) is 4.68 Å². The molecule has 0 bridgehead atoms. The molecule has 0 saturated carbocycles. The summed E-state index contributed by atoms with van der Waals surface area (Å²) in [7, 11) is 1.68. The lowest BCUT2D eigenvalue weighted by molar-refractivity contribution is 0.182. The van der Waals surface area contributed by atoms with Gasteiger partial charge in [-0.15, -0.1) is 0 Å². The second kappa shape index (κ2) is 4.29. The average Bonchev–Trinajstić information content (AvgIpc) is 2.92. The normalized spacial score (nSPS) is 20.0. The molecule has 4 nitrogen and oxygen atoms in total. The molecule has 0 aliphatic carbocycles. The molecule has 1 aliphatic heterocycles. The highest BCUT2D eigenvalue weighted by Crippen LogP contribution is 2.22. The zero-order valence-electron chi connectivity index (χ0n) is 8.07. The Morgan fingerprint density at radius 3 is 3.21 bits per heavy atom. The number of hydrogen-bond acceptors (Lipinski definition) is 3.